The van der Waals surface area contributed by atoms with E-state index >= 15 is 0 Å². The van der Waals surface area contributed by atoms with Crippen LogP contribution in [0.2, 0.25) is 0 Å². The summed E-state index contributed by atoms with van der Waals surface area (Å²) < 4.78 is 5.16. The minimum absolute atomic E-state index is 0.00415. The molecule has 0 aliphatic carbocycles. The molecule has 0 saturated carbocycles. The maximum atomic E-state index is 11.6. The Bertz CT molecular complexity index is 169. The summed E-state index contributed by atoms with van der Waals surface area (Å²) in [4.78, 5) is 13.1. The predicted octanol–water partition coefficient (Wildman–Crippen LogP) is -1.57. The molecule has 1 aliphatic rings. The predicted molar refractivity (Wildman–Crippen MR) is 47.3 cm³/mol. The molecule has 0 aromatic rings. The van der Waals surface area contributed by atoms with Crippen molar-refractivity contribution < 1.29 is 14.6 Å². The van der Waals surface area contributed by atoms with E-state index in [-0.39, 0.29) is 18.6 Å². The number of likely N-dealkylation sites (N-methyl/N-ethyl adjacent to an activating group) is 1. The van der Waals surface area contributed by atoms with Crippen molar-refractivity contribution in [2.75, 3.05) is 40.0 Å². The fourth-order valence-electron chi connectivity index (χ4n) is 1.25. The molecule has 1 aliphatic heterocycles. The number of rotatable bonds is 3. The molecule has 0 bridgehead atoms. The van der Waals surface area contributed by atoms with Gasteiger partial charge in [0.15, 0.2) is 0 Å². The Balaban J connectivity index is 2.36. The molecular weight excluding hydrogens is 172 g/mol. The maximum absolute atomic E-state index is 11.6. The third-order valence-corrected chi connectivity index (χ3v) is 2.03. The summed E-state index contributed by atoms with van der Waals surface area (Å²) in [6, 6.07) is -0.245. The number of morpholine rings is 1. The lowest BCUT2D eigenvalue weighted by molar-refractivity contribution is -0.135. The largest absolute Gasteiger partial charge is 0.395 e. The minimum atomic E-state index is -0.245. The molecule has 1 saturated heterocycles. The van der Waals surface area contributed by atoms with Gasteiger partial charge in [-0.15, -0.1) is 0 Å². The third kappa shape index (κ3) is 2.95. The smallest absolute Gasteiger partial charge is 0.241 e. The average molecular weight is 188 g/mol. The van der Waals surface area contributed by atoms with Gasteiger partial charge in [0.05, 0.1) is 19.8 Å². The van der Waals surface area contributed by atoms with Crippen LogP contribution in [0.5, 0.6) is 0 Å². The first kappa shape index (κ1) is 10.4. The SMILES string of the molecule is CN(CCO)C(=O)C1COCCN1. The Kier molecular flexibility index (Phi) is 4.14. The van der Waals surface area contributed by atoms with Crippen LogP contribution in [0, 0.1) is 0 Å². The van der Waals surface area contributed by atoms with E-state index in [4.69, 9.17) is 9.84 Å². The Morgan fingerprint density at radius 1 is 1.77 bits per heavy atom. The van der Waals surface area contributed by atoms with Crippen molar-refractivity contribution in [2.24, 2.45) is 0 Å². The van der Waals surface area contributed by atoms with Crippen molar-refractivity contribution in [1.82, 2.24) is 10.2 Å². The van der Waals surface area contributed by atoms with Crippen molar-refractivity contribution in [3.05, 3.63) is 0 Å². The molecule has 2 N–H and O–H groups in total. The first-order valence-corrected chi connectivity index (χ1v) is 4.42. The van der Waals surface area contributed by atoms with Crippen LogP contribution in [-0.2, 0) is 9.53 Å². The second-order valence-electron chi connectivity index (χ2n) is 3.07. The minimum Gasteiger partial charge on any atom is -0.395 e. The fourth-order valence-corrected chi connectivity index (χ4v) is 1.25. The van der Waals surface area contributed by atoms with Gasteiger partial charge in [-0.25, -0.2) is 0 Å². The molecule has 1 unspecified atom stereocenters. The summed E-state index contributed by atoms with van der Waals surface area (Å²) in [7, 11) is 1.68. The van der Waals surface area contributed by atoms with Gasteiger partial charge in [0.2, 0.25) is 5.91 Å². The maximum Gasteiger partial charge on any atom is 0.241 e. The Morgan fingerprint density at radius 2 is 2.54 bits per heavy atom. The zero-order valence-electron chi connectivity index (χ0n) is 7.82. The van der Waals surface area contributed by atoms with Crippen molar-refractivity contribution >= 4 is 5.91 Å². The summed E-state index contributed by atoms with van der Waals surface area (Å²) in [5, 5.41) is 11.7. The molecule has 1 heterocycles. The highest BCUT2D eigenvalue weighted by molar-refractivity contribution is 5.81. The summed E-state index contributed by atoms with van der Waals surface area (Å²) in [6.45, 7) is 2.16. The summed E-state index contributed by atoms with van der Waals surface area (Å²) in [5.74, 6) is -0.0197. The highest BCUT2D eigenvalue weighted by Gasteiger charge is 2.23. The molecule has 76 valence electrons. The van der Waals surface area contributed by atoms with Crippen LogP contribution >= 0.6 is 0 Å². The van der Waals surface area contributed by atoms with E-state index in [9.17, 15) is 4.79 Å². The molecule has 0 aromatic carbocycles. The van der Waals surface area contributed by atoms with Gasteiger partial charge >= 0.3 is 0 Å². The summed E-state index contributed by atoms with van der Waals surface area (Å²) >= 11 is 0. The molecular formula is C8H16N2O3. The van der Waals surface area contributed by atoms with E-state index in [0.717, 1.165) is 0 Å². The molecule has 1 atom stereocenters. The van der Waals surface area contributed by atoms with Gasteiger partial charge in [-0.1, -0.05) is 0 Å². The van der Waals surface area contributed by atoms with Crippen LogP contribution in [0.4, 0.5) is 0 Å². The van der Waals surface area contributed by atoms with Gasteiger partial charge in [-0.3, -0.25) is 4.79 Å². The fraction of sp³-hybridized carbons (Fsp3) is 0.875. The standard InChI is InChI=1S/C8H16N2O3/c1-10(3-4-11)8(12)7-6-13-5-2-9-7/h7,9,11H,2-6H2,1H3. The summed E-state index contributed by atoms with van der Waals surface area (Å²) in [5.41, 5.74) is 0. The third-order valence-electron chi connectivity index (χ3n) is 2.03. The van der Waals surface area contributed by atoms with Crippen LogP contribution in [0.3, 0.4) is 0 Å². The highest BCUT2D eigenvalue weighted by Crippen LogP contribution is 1.97. The van der Waals surface area contributed by atoms with Gasteiger partial charge in [0, 0.05) is 20.1 Å². The first-order chi connectivity index (χ1) is 6.25. The second-order valence-corrected chi connectivity index (χ2v) is 3.07. The van der Waals surface area contributed by atoms with Gasteiger partial charge < -0.3 is 20.1 Å². The normalized spacial score (nSPS) is 22.8. The lowest BCUT2D eigenvalue weighted by Crippen LogP contribution is -2.52. The van der Waals surface area contributed by atoms with E-state index in [2.05, 4.69) is 5.32 Å². The first-order valence-electron chi connectivity index (χ1n) is 4.42. The molecule has 0 aromatic heterocycles. The van der Waals surface area contributed by atoms with E-state index in [0.29, 0.717) is 26.3 Å². The lowest BCUT2D eigenvalue weighted by atomic mass is 10.2. The van der Waals surface area contributed by atoms with Gasteiger partial charge in [-0.2, -0.15) is 0 Å². The van der Waals surface area contributed by atoms with Crippen LogP contribution in [0.25, 0.3) is 0 Å². The number of aliphatic hydroxyl groups excluding tert-OH is 1. The Labute approximate surface area is 77.7 Å². The number of carbonyl (C=O) groups is 1. The number of aliphatic hydroxyl groups is 1. The van der Waals surface area contributed by atoms with Gasteiger partial charge in [-0.05, 0) is 0 Å². The molecule has 1 amide bonds. The average Bonchev–Trinajstić information content (AvgIpc) is 2.18. The van der Waals surface area contributed by atoms with Crippen LogP contribution < -0.4 is 5.32 Å². The summed E-state index contributed by atoms with van der Waals surface area (Å²) in [6.07, 6.45) is 0. The van der Waals surface area contributed by atoms with Crippen LogP contribution in [-0.4, -0.2) is 61.9 Å². The number of hydrogen-bond acceptors (Lipinski definition) is 4. The van der Waals surface area contributed by atoms with Gasteiger partial charge in [0.25, 0.3) is 0 Å². The van der Waals surface area contributed by atoms with E-state index < -0.39 is 0 Å². The van der Waals surface area contributed by atoms with Crippen molar-refractivity contribution in [1.29, 1.82) is 0 Å². The van der Waals surface area contributed by atoms with Crippen molar-refractivity contribution in [3.63, 3.8) is 0 Å². The Hall–Kier alpha value is -0.650. The molecule has 13 heavy (non-hydrogen) atoms. The van der Waals surface area contributed by atoms with E-state index in [1.54, 1.807) is 7.05 Å². The second kappa shape index (κ2) is 5.16. The number of hydrogen-bond donors (Lipinski definition) is 2. The van der Waals surface area contributed by atoms with Crippen molar-refractivity contribution in [2.45, 2.75) is 6.04 Å². The molecule has 5 nitrogen and oxygen atoms in total. The number of amides is 1. The quantitative estimate of drug-likeness (QED) is 0.561. The number of nitrogens with one attached hydrogen (secondary N) is 1. The zero-order chi connectivity index (χ0) is 9.68. The lowest BCUT2D eigenvalue weighted by Gasteiger charge is -2.27. The van der Waals surface area contributed by atoms with E-state index in [1.807, 2.05) is 0 Å². The highest BCUT2D eigenvalue weighted by atomic mass is 16.5. The molecule has 1 rings (SSSR count). The number of nitrogens with zero attached hydrogens (tertiary/aromatic N) is 1. The number of carbonyl (C=O) groups excluding carboxylic acids is 1. The van der Waals surface area contributed by atoms with Gasteiger partial charge in [0.1, 0.15) is 6.04 Å². The zero-order valence-corrected chi connectivity index (χ0v) is 7.82. The Morgan fingerprint density at radius 3 is 3.08 bits per heavy atom. The molecule has 0 spiro atoms. The van der Waals surface area contributed by atoms with E-state index in [1.165, 1.54) is 4.90 Å². The topological polar surface area (TPSA) is 61.8 Å². The van der Waals surface area contributed by atoms with Crippen molar-refractivity contribution in [3.8, 4) is 0 Å². The van der Waals surface area contributed by atoms with Crippen LogP contribution in [0.15, 0.2) is 0 Å². The number of ether oxygens (including phenoxy) is 1. The monoisotopic (exact) mass is 188 g/mol. The molecule has 5 heteroatoms. The van der Waals surface area contributed by atoms with Crippen LogP contribution in [0.1, 0.15) is 0 Å². The molecule has 0 radical (unpaired) electrons. The molecule has 1 fully saturated rings.